The summed E-state index contributed by atoms with van der Waals surface area (Å²) in [6, 6.07) is 47.7. The van der Waals surface area contributed by atoms with Gasteiger partial charge in [0.1, 0.15) is 0 Å². The normalized spacial score (nSPS) is 11.4. The second-order valence-corrected chi connectivity index (χ2v) is 8.57. The van der Waals surface area contributed by atoms with Crippen molar-refractivity contribution in [3.8, 4) is 22.3 Å². The molecule has 0 heterocycles. The summed E-state index contributed by atoms with van der Waals surface area (Å²) in [7, 11) is 0. The van der Waals surface area contributed by atoms with Gasteiger partial charge in [-0.3, -0.25) is 0 Å². The lowest BCUT2D eigenvalue weighted by Gasteiger charge is -2.17. The van der Waals surface area contributed by atoms with Crippen LogP contribution in [0.5, 0.6) is 0 Å². The Morgan fingerprint density at radius 1 is 0.294 bits per heavy atom. The smallest absolute Gasteiger partial charge is 0.00264 e. The molecular formula is C34H24. The molecule has 0 radical (unpaired) electrons. The van der Waals surface area contributed by atoms with Gasteiger partial charge >= 0.3 is 0 Å². The van der Waals surface area contributed by atoms with E-state index in [2.05, 4.69) is 140 Å². The van der Waals surface area contributed by atoms with Crippen molar-refractivity contribution in [3.63, 3.8) is 0 Å². The largest absolute Gasteiger partial charge is 0.0622 e. The maximum Gasteiger partial charge on any atom is -0.00264 e. The minimum atomic E-state index is 1.20. The van der Waals surface area contributed by atoms with Gasteiger partial charge in [0.2, 0.25) is 0 Å². The van der Waals surface area contributed by atoms with E-state index < -0.39 is 0 Å². The molecule has 0 fully saturated rings. The SMILES string of the molecule is C(=Cc1ccc(-c2c3ccccc3c(-c3ccccc3)c3ccccc23)cc1)c1ccccc1. The van der Waals surface area contributed by atoms with E-state index in [0.717, 1.165) is 0 Å². The van der Waals surface area contributed by atoms with Crippen LogP contribution in [0.1, 0.15) is 11.1 Å². The summed E-state index contributed by atoms with van der Waals surface area (Å²) < 4.78 is 0. The quantitative estimate of drug-likeness (QED) is 0.192. The van der Waals surface area contributed by atoms with E-state index in [1.165, 1.54) is 54.9 Å². The lowest BCUT2D eigenvalue weighted by atomic mass is 9.86. The van der Waals surface area contributed by atoms with Gasteiger partial charge in [-0.05, 0) is 54.9 Å². The summed E-state index contributed by atoms with van der Waals surface area (Å²) in [6.45, 7) is 0. The van der Waals surface area contributed by atoms with Crippen molar-refractivity contribution in [2.75, 3.05) is 0 Å². The monoisotopic (exact) mass is 432 g/mol. The van der Waals surface area contributed by atoms with Gasteiger partial charge in [0, 0.05) is 0 Å². The molecular weight excluding hydrogens is 408 g/mol. The van der Waals surface area contributed by atoms with Crippen LogP contribution in [0, 0.1) is 0 Å². The van der Waals surface area contributed by atoms with Crippen LogP contribution in [0.3, 0.4) is 0 Å². The Morgan fingerprint density at radius 2 is 0.647 bits per heavy atom. The molecule has 0 spiro atoms. The van der Waals surface area contributed by atoms with E-state index in [1.54, 1.807) is 0 Å². The first-order valence-corrected chi connectivity index (χ1v) is 11.7. The van der Waals surface area contributed by atoms with Crippen molar-refractivity contribution in [2.24, 2.45) is 0 Å². The molecule has 0 aromatic heterocycles. The van der Waals surface area contributed by atoms with Gasteiger partial charge in [0.05, 0.1) is 0 Å². The third-order valence-corrected chi connectivity index (χ3v) is 6.46. The van der Waals surface area contributed by atoms with Crippen molar-refractivity contribution in [1.29, 1.82) is 0 Å². The number of rotatable bonds is 4. The van der Waals surface area contributed by atoms with Gasteiger partial charge in [-0.15, -0.1) is 0 Å². The zero-order valence-corrected chi connectivity index (χ0v) is 18.9. The first-order valence-electron chi connectivity index (χ1n) is 11.7. The van der Waals surface area contributed by atoms with Gasteiger partial charge in [0.25, 0.3) is 0 Å². The topological polar surface area (TPSA) is 0 Å². The Balaban J connectivity index is 1.53. The zero-order chi connectivity index (χ0) is 22.7. The summed E-state index contributed by atoms with van der Waals surface area (Å²) in [4.78, 5) is 0. The Labute approximate surface area is 200 Å². The van der Waals surface area contributed by atoms with Gasteiger partial charge in [-0.25, -0.2) is 0 Å². The molecule has 6 rings (SSSR count). The van der Waals surface area contributed by atoms with Crippen LogP contribution in [-0.4, -0.2) is 0 Å². The van der Waals surface area contributed by atoms with E-state index in [4.69, 9.17) is 0 Å². The molecule has 0 aliphatic heterocycles. The van der Waals surface area contributed by atoms with Crippen LogP contribution in [0.2, 0.25) is 0 Å². The standard InChI is InChI=1S/C34H24/c1-3-11-25(12-4-1)19-20-26-21-23-28(24-22-26)34-31-17-9-7-15-29(31)33(27-13-5-2-6-14-27)30-16-8-10-18-32(30)34/h1-24H. The first-order chi connectivity index (χ1) is 16.9. The summed E-state index contributed by atoms with van der Waals surface area (Å²) in [5, 5.41) is 5.14. The second kappa shape index (κ2) is 8.84. The molecule has 0 N–H and O–H groups in total. The molecule has 0 unspecified atom stereocenters. The van der Waals surface area contributed by atoms with Crippen molar-refractivity contribution < 1.29 is 0 Å². The summed E-state index contributed by atoms with van der Waals surface area (Å²) in [5.41, 5.74) is 7.50. The van der Waals surface area contributed by atoms with E-state index in [0.29, 0.717) is 0 Å². The van der Waals surface area contributed by atoms with Gasteiger partial charge < -0.3 is 0 Å². The average molecular weight is 433 g/mol. The molecule has 6 aromatic rings. The highest BCUT2D eigenvalue weighted by Crippen LogP contribution is 2.43. The molecule has 0 aliphatic rings. The van der Waals surface area contributed by atoms with Crippen LogP contribution in [0.4, 0.5) is 0 Å². The van der Waals surface area contributed by atoms with Crippen LogP contribution >= 0.6 is 0 Å². The van der Waals surface area contributed by atoms with Gasteiger partial charge in [-0.1, -0.05) is 146 Å². The number of benzene rings is 6. The van der Waals surface area contributed by atoms with Gasteiger partial charge in [0.15, 0.2) is 0 Å². The third kappa shape index (κ3) is 3.70. The summed E-state index contributed by atoms with van der Waals surface area (Å²) >= 11 is 0. The van der Waals surface area contributed by atoms with Crippen LogP contribution in [0.25, 0.3) is 56.0 Å². The van der Waals surface area contributed by atoms with Crippen molar-refractivity contribution >= 4 is 33.7 Å². The van der Waals surface area contributed by atoms with Crippen molar-refractivity contribution in [1.82, 2.24) is 0 Å². The zero-order valence-electron chi connectivity index (χ0n) is 18.9. The predicted octanol–water partition coefficient (Wildman–Crippen LogP) is 9.50. The van der Waals surface area contributed by atoms with Gasteiger partial charge in [-0.2, -0.15) is 0 Å². The molecule has 160 valence electrons. The molecule has 0 bridgehead atoms. The average Bonchev–Trinajstić information content (AvgIpc) is 2.92. The second-order valence-electron chi connectivity index (χ2n) is 8.57. The van der Waals surface area contributed by atoms with Crippen molar-refractivity contribution in [2.45, 2.75) is 0 Å². The molecule has 0 nitrogen and oxygen atoms in total. The number of hydrogen-bond acceptors (Lipinski definition) is 0. The predicted molar refractivity (Wildman–Crippen MR) is 148 cm³/mol. The molecule has 0 amide bonds. The Morgan fingerprint density at radius 3 is 1.12 bits per heavy atom. The van der Waals surface area contributed by atoms with Crippen LogP contribution < -0.4 is 0 Å². The molecule has 0 saturated carbocycles. The van der Waals surface area contributed by atoms with E-state index in [9.17, 15) is 0 Å². The number of fused-ring (bicyclic) bond motifs is 2. The highest BCUT2D eigenvalue weighted by Gasteiger charge is 2.15. The molecule has 34 heavy (non-hydrogen) atoms. The van der Waals surface area contributed by atoms with Crippen LogP contribution in [0.15, 0.2) is 133 Å². The fourth-order valence-corrected chi connectivity index (χ4v) is 4.87. The molecule has 0 saturated heterocycles. The maximum absolute atomic E-state index is 2.26. The third-order valence-electron chi connectivity index (χ3n) is 6.46. The van der Waals surface area contributed by atoms with Crippen molar-refractivity contribution in [3.05, 3.63) is 145 Å². The first kappa shape index (κ1) is 20.2. The lowest BCUT2D eigenvalue weighted by molar-refractivity contribution is 1.63. The van der Waals surface area contributed by atoms with Crippen LogP contribution in [-0.2, 0) is 0 Å². The fourth-order valence-electron chi connectivity index (χ4n) is 4.87. The Bertz CT molecular complexity index is 1550. The molecule has 0 atom stereocenters. The molecule has 6 aromatic carbocycles. The molecule has 0 aliphatic carbocycles. The highest BCUT2D eigenvalue weighted by atomic mass is 14.2. The van der Waals surface area contributed by atoms with E-state index >= 15 is 0 Å². The minimum Gasteiger partial charge on any atom is -0.0622 e. The lowest BCUT2D eigenvalue weighted by Crippen LogP contribution is -1.90. The molecule has 0 heteroatoms. The minimum absolute atomic E-state index is 1.20. The fraction of sp³-hybridized carbons (Fsp3) is 0. The van der Waals surface area contributed by atoms with E-state index in [1.807, 2.05) is 6.07 Å². The Kier molecular flexibility index (Phi) is 5.26. The Hall–Kier alpha value is -4.42. The summed E-state index contributed by atoms with van der Waals surface area (Å²) in [5.74, 6) is 0. The highest BCUT2D eigenvalue weighted by molar-refractivity contribution is 6.21. The van der Waals surface area contributed by atoms with E-state index in [-0.39, 0.29) is 0 Å². The maximum atomic E-state index is 2.26. The number of hydrogen-bond donors (Lipinski definition) is 0. The summed E-state index contributed by atoms with van der Waals surface area (Å²) in [6.07, 6.45) is 4.34.